The van der Waals surface area contributed by atoms with Gasteiger partial charge in [-0.25, -0.2) is 18.7 Å². The molecular weight excluding hydrogens is 510 g/mol. The van der Waals surface area contributed by atoms with Gasteiger partial charge in [-0.3, -0.25) is 4.79 Å². The molecule has 1 amide bonds. The van der Waals surface area contributed by atoms with Crippen molar-refractivity contribution in [3.8, 4) is 17.1 Å². The second-order valence-corrected chi connectivity index (χ2v) is 9.75. The Labute approximate surface area is 221 Å². The maximum absolute atomic E-state index is 13.0. The summed E-state index contributed by atoms with van der Waals surface area (Å²) in [6, 6.07) is 15.8. The number of carbonyl (C=O) groups excluding carboxylic acids is 1. The number of carbonyl (C=O) groups is 1. The first-order chi connectivity index (χ1) is 18.3. The van der Waals surface area contributed by atoms with E-state index in [2.05, 4.69) is 15.6 Å². The molecule has 2 aromatic heterocycles. The minimum absolute atomic E-state index is 0.284. The fourth-order valence-corrected chi connectivity index (χ4v) is 4.86. The van der Waals surface area contributed by atoms with E-state index in [1.54, 1.807) is 18.2 Å². The highest BCUT2D eigenvalue weighted by atomic mass is 32.1. The molecule has 11 heteroatoms. The van der Waals surface area contributed by atoms with Crippen molar-refractivity contribution in [3.05, 3.63) is 77.2 Å². The standard InChI is InChI=1S/C27H23F2N6O2S/c28-27(29)11-20(12-27)32-23(36)15-37-21-3-1-2-17(10-21)25-34-22-8-9-38-24(22)26(35-25)33-19-6-4-16(5-7-19)18(13-30)14-31/h1-10,13-14,20H,11-12,15,30H2,(H,32,36)(H,33,34,35)/q-1/b18-13+. The number of allylic oxidation sites excluding steroid dienone is 1. The van der Waals surface area contributed by atoms with Crippen molar-refractivity contribution in [3.63, 3.8) is 0 Å². The van der Waals surface area contributed by atoms with Crippen LogP contribution < -0.4 is 21.1 Å². The van der Waals surface area contributed by atoms with E-state index >= 15 is 0 Å². The van der Waals surface area contributed by atoms with Gasteiger partial charge in [0.25, 0.3) is 11.8 Å². The van der Waals surface area contributed by atoms with Crippen LogP contribution >= 0.6 is 11.3 Å². The first-order valence-electron chi connectivity index (χ1n) is 11.8. The molecule has 2 heterocycles. The Morgan fingerprint density at radius 3 is 2.68 bits per heavy atom. The van der Waals surface area contributed by atoms with Crippen LogP contribution in [0.3, 0.4) is 0 Å². The predicted octanol–water partition coefficient (Wildman–Crippen LogP) is 5.33. The number of nitrogens with two attached hydrogens (primary N) is 1. The van der Waals surface area contributed by atoms with Crippen molar-refractivity contribution in [1.82, 2.24) is 15.3 Å². The van der Waals surface area contributed by atoms with Crippen LogP contribution in [0.25, 0.3) is 32.6 Å². The molecule has 0 unspecified atom stereocenters. The number of hydrogen-bond acceptors (Lipinski definition) is 7. The van der Waals surface area contributed by atoms with Crippen LogP contribution in [-0.2, 0) is 4.79 Å². The number of hydrogen-bond donors (Lipinski definition) is 3. The number of amides is 1. The summed E-state index contributed by atoms with van der Waals surface area (Å²) in [5.41, 5.74) is 9.05. The second-order valence-electron chi connectivity index (χ2n) is 8.83. The van der Waals surface area contributed by atoms with Gasteiger partial charge in [-0.1, -0.05) is 24.3 Å². The van der Waals surface area contributed by atoms with E-state index in [1.807, 2.05) is 41.8 Å². The summed E-state index contributed by atoms with van der Waals surface area (Å²) in [6.45, 7) is -0.284. The van der Waals surface area contributed by atoms with Gasteiger partial charge in [0.2, 0.25) is 0 Å². The fraction of sp³-hybridized carbons (Fsp3) is 0.185. The van der Waals surface area contributed by atoms with Crippen LogP contribution in [0.4, 0.5) is 20.3 Å². The highest BCUT2D eigenvalue weighted by molar-refractivity contribution is 7.17. The molecule has 0 radical (unpaired) electrons. The smallest absolute Gasteiger partial charge is 0.258 e. The maximum Gasteiger partial charge on any atom is 0.258 e. The summed E-state index contributed by atoms with van der Waals surface area (Å²) in [6.07, 6.45) is 1.59. The molecule has 0 spiro atoms. The van der Waals surface area contributed by atoms with Gasteiger partial charge in [0, 0.05) is 30.1 Å². The lowest BCUT2D eigenvalue weighted by atomic mass is 9.88. The van der Waals surface area contributed by atoms with E-state index in [4.69, 9.17) is 15.5 Å². The Morgan fingerprint density at radius 1 is 1.18 bits per heavy atom. The van der Waals surface area contributed by atoms with Crippen molar-refractivity contribution < 1.29 is 18.3 Å². The van der Waals surface area contributed by atoms with Crippen molar-refractivity contribution in [2.45, 2.75) is 24.8 Å². The summed E-state index contributed by atoms with van der Waals surface area (Å²) in [7, 11) is 0. The van der Waals surface area contributed by atoms with Gasteiger partial charge in [-0.15, -0.1) is 11.3 Å². The molecule has 0 bridgehead atoms. The number of fused-ring (bicyclic) bond motifs is 1. The third-order valence-corrected chi connectivity index (χ3v) is 6.93. The lowest BCUT2D eigenvalue weighted by Gasteiger charge is -2.35. The van der Waals surface area contributed by atoms with Crippen molar-refractivity contribution in [1.29, 1.82) is 0 Å². The number of alkyl halides is 2. The molecule has 194 valence electrons. The van der Waals surface area contributed by atoms with E-state index < -0.39 is 17.9 Å². The molecule has 1 aliphatic carbocycles. The molecule has 0 saturated heterocycles. The number of nitrogens with one attached hydrogen (secondary N) is 2. The normalized spacial score (nSPS) is 15.1. The third-order valence-electron chi connectivity index (χ3n) is 6.02. The zero-order chi connectivity index (χ0) is 26.7. The monoisotopic (exact) mass is 533 g/mol. The van der Waals surface area contributed by atoms with Crippen LogP contribution in [0.1, 0.15) is 18.4 Å². The number of nitrogens with zero attached hydrogens (tertiary/aromatic N) is 3. The number of benzene rings is 2. The Balaban J connectivity index is 1.32. The Morgan fingerprint density at radius 2 is 1.97 bits per heavy atom. The first-order valence-corrected chi connectivity index (χ1v) is 12.6. The minimum Gasteiger partial charge on any atom is -0.810 e. The van der Waals surface area contributed by atoms with Crippen molar-refractivity contribution in [2.24, 2.45) is 5.73 Å². The van der Waals surface area contributed by atoms with Gasteiger partial charge in [-0.05, 0) is 53.0 Å². The van der Waals surface area contributed by atoms with Crippen LogP contribution in [0.2, 0.25) is 0 Å². The molecule has 1 fully saturated rings. The molecule has 0 atom stereocenters. The summed E-state index contributed by atoms with van der Waals surface area (Å²) < 4.78 is 32.4. The van der Waals surface area contributed by atoms with E-state index in [0.29, 0.717) is 28.5 Å². The van der Waals surface area contributed by atoms with Gasteiger partial charge in [0.15, 0.2) is 18.2 Å². The van der Waals surface area contributed by atoms with Crippen LogP contribution in [0.5, 0.6) is 5.75 Å². The topological polar surface area (TPSA) is 124 Å². The summed E-state index contributed by atoms with van der Waals surface area (Å²) in [5, 5.41) is 17.1. The molecule has 2 aromatic carbocycles. The zero-order valence-corrected chi connectivity index (χ0v) is 20.8. The van der Waals surface area contributed by atoms with E-state index in [1.165, 1.54) is 17.5 Å². The highest BCUT2D eigenvalue weighted by Gasteiger charge is 2.45. The van der Waals surface area contributed by atoms with Crippen LogP contribution in [0, 0.1) is 0 Å². The molecular formula is C27H23F2N6O2S-. The molecule has 4 N–H and O–H groups in total. The third kappa shape index (κ3) is 5.62. The van der Waals surface area contributed by atoms with E-state index in [-0.39, 0.29) is 19.4 Å². The number of halogens is 2. The summed E-state index contributed by atoms with van der Waals surface area (Å²) in [5.74, 6) is -1.63. The maximum atomic E-state index is 13.0. The van der Waals surface area contributed by atoms with E-state index in [9.17, 15) is 19.0 Å². The molecule has 4 aromatic rings. The Kier molecular flexibility index (Phi) is 7.01. The number of thiophene rings is 1. The van der Waals surface area contributed by atoms with Gasteiger partial charge < -0.3 is 26.5 Å². The Hall–Kier alpha value is -4.38. The lowest BCUT2D eigenvalue weighted by molar-refractivity contribution is -0.131. The lowest BCUT2D eigenvalue weighted by Crippen LogP contribution is -2.51. The first kappa shape index (κ1) is 25.3. The average Bonchev–Trinajstić information content (AvgIpc) is 3.37. The van der Waals surface area contributed by atoms with Crippen molar-refractivity contribution in [2.75, 3.05) is 11.9 Å². The summed E-state index contributed by atoms with van der Waals surface area (Å²) >= 11 is 1.51. The largest absolute Gasteiger partial charge is 0.810 e. The fourth-order valence-electron chi connectivity index (χ4n) is 4.08. The average molecular weight is 534 g/mol. The van der Waals surface area contributed by atoms with Gasteiger partial charge >= 0.3 is 0 Å². The van der Waals surface area contributed by atoms with E-state index in [0.717, 1.165) is 27.7 Å². The second kappa shape index (κ2) is 10.5. The Bertz CT molecular complexity index is 1510. The molecule has 5 rings (SSSR count). The van der Waals surface area contributed by atoms with Gasteiger partial charge in [-0.2, -0.15) is 6.21 Å². The predicted molar refractivity (Wildman–Crippen MR) is 146 cm³/mol. The van der Waals surface area contributed by atoms with Crippen LogP contribution in [-0.4, -0.2) is 40.7 Å². The quantitative estimate of drug-likeness (QED) is 0.250. The number of anilines is 2. The van der Waals surface area contributed by atoms with Gasteiger partial charge in [0.1, 0.15) is 5.75 Å². The minimum atomic E-state index is -2.70. The molecule has 1 saturated carbocycles. The number of ether oxygens (including phenoxy) is 1. The SMILES string of the molecule is [N-]=C/C(=C\N)c1ccc(Nc2nc(-c3cccc(OCC(=O)NC4CC(F)(F)C4)c3)nc3ccsc23)cc1. The molecule has 0 aliphatic heterocycles. The van der Waals surface area contributed by atoms with Crippen molar-refractivity contribution >= 4 is 50.8 Å². The molecule has 1 aliphatic rings. The van der Waals surface area contributed by atoms with Crippen LogP contribution in [0.15, 0.2) is 66.2 Å². The molecule has 38 heavy (non-hydrogen) atoms. The number of aromatic nitrogens is 2. The molecule has 8 nitrogen and oxygen atoms in total. The number of rotatable bonds is 9. The zero-order valence-electron chi connectivity index (χ0n) is 20.0. The van der Waals surface area contributed by atoms with Gasteiger partial charge in [0.05, 0.1) is 10.2 Å². The summed E-state index contributed by atoms with van der Waals surface area (Å²) in [4.78, 5) is 21.5. The highest BCUT2D eigenvalue weighted by Crippen LogP contribution is 2.37.